The van der Waals surface area contributed by atoms with Gasteiger partial charge in [-0.05, 0) is 32.0 Å². The summed E-state index contributed by atoms with van der Waals surface area (Å²) in [5.74, 6) is 1.53. The molecule has 100 valence electrons. The second-order valence-electron chi connectivity index (χ2n) is 4.70. The zero-order chi connectivity index (χ0) is 13.1. The molecular weight excluding hydrogens is 230 g/mol. The molecule has 1 N–H and O–H groups in total. The third kappa shape index (κ3) is 2.60. The number of hydrogen-bond acceptors (Lipinski definition) is 4. The molecule has 1 aromatic carbocycles. The Bertz CT molecular complexity index is 404. The van der Waals surface area contributed by atoms with Gasteiger partial charge in [0.15, 0.2) is 0 Å². The molecule has 1 aliphatic carbocycles. The summed E-state index contributed by atoms with van der Waals surface area (Å²) < 4.78 is 10.6. The lowest BCUT2D eigenvalue weighted by Gasteiger charge is -2.28. The van der Waals surface area contributed by atoms with Gasteiger partial charge < -0.3 is 14.6 Å². The molecule has 1 aromatic rings. The highest BCUT2D eigenvalue weighted by Crippen LogP contribution is 2.37. The Hall–Kier alpha value is -1.26. The first-order chi connectivity index (χ1) is 8.71. The Morgan fingerprint density at radius 2 is 2.06 bits per heavy atom. The number of aliphatic hydroxyl groups is 1. The van der Waals surface area contributed by atoms with E-state index in [2.05, 4.69) is 11.9 Å². The molecule has 0 amide bonds. The monoisotopic (exact) mass is 251 g/mol. The van der Waals surface area contributed by atoms with E-state index in [1.807, 2.05) is 18.2 Å². The van der Waals surface area contributed by atoms with E-state index in [-0.39, 0.29) is 12.6 Å². The van der Waals surface area contributed by atoms with Gasteiger partial charge in [-0.2, -0.15) is 0 Å². The summed E-state index contributed by atoms with van der Waals surface area (Å²) in [6.07, 6.45) is 2.43. The molecule has 1 unspecified atom stereocenters. The summed E-state index contributed by atoms with van der Waals surface area (Å²) >= 11 is 0. The highest BCUT2D eigenvalue weighted by atomic mass is 16.5. The standard InChI is InChI=1S/C14H21NO3/c1-15(10-4-5-10)13(9-16)12-7-6-11(17-2)8-14(12)18-3/h6-8,10,13,16H,4-5,9H2,1-3H3. The van der Waals surface area contributed by atoms with Crippen molar-refractivity contribution in [2.24, 2.45) is 0 Å². The summed E-state index contributed by atoms with van der Waals surface area (Å²) in [7, 11) is 5.33. The van der Waals surface area contributed by atoms with E-state index in [0.717, 1.165) is 17.1 Å². The van der Waals surface area contributed by atoms with E-state index in [1.54, 1.807) is 14.2 Å². The first-order valence-electron chi connectivity index (χ1n) is 6.26. The molecule has 18 heavy (non-hydrogen) atoms. The molecule has 0 bridgehead atoms. The van der Waals surface area contributed by atoms with Crippen molar-refractivity contribution in [1.29, 1.82) is 0 Å². The van der Waals surface area contributed by atoms with E-state index in [4.69, 9.17) is 9.47 Å². The fraction of sp³-hybridized carbons (Fsp3) is 0.571. The van der Waals surface area contributed by atoms with E-state index >= 15 is 0 Å². The van der Waals surface area contributed by atoms with Crippen LogP contribution in [-0.4, -0.2) is 43.9 Å². The lowest BCUT2D eigenvalue weighted by molar-refractivity contribution is 0.139. The van der Waals surface area contributed by atoms with E-state index in [1.165, 1.54) is 12.8 Å². The molecule has 0 radical (unpaired) electrons. The first-order valence-corrected chi connectivity index (χ1v) is 6.26. The van der Waals surface area contributed by atoms with Gasteiger partial charge in [0.25, 0.3) is 0 Å². The molecule has 0 heterocycles. The van der Waals surface area contributed by atoms with Gasteiger partial charge in [0.2, 0.25) is 0 Å². The van der Waals surface area contributed by atoms with Crippen LogP contribution in [-0.2, 0) is 0 Å². The maximum Gasteiger partial charge on any atom is 0.127 e. The second kappa shape index (κ2) is 5.59. The zero-order valence-electron chi connectivity index (χ0n) is 11.2. The average Bonchev–Trinajstić information content (AvgIpc) is 3.24. The molecule has 4 heteroatoms. The summed E-state index contributed by atoms with van der Waals surface area (Å²) in [6, 6.07) is 6.31. The van der Waals surface area contributed by atoms with Gasteiger partial charge in [0, 0.05) is 17.7 Å². The lowest BCUT2D eigenvalue weighted by Crippen LogP contribution is -2.29. The van der Waals surface area contributed by atoms with Gasteiger partial charge in [-0.15, -0.1) is 0 Å². The number of aliphatic hydroxyl groups excluding tert-OH is 1. The molecule has 4 nitrogen and oxygen atoms in total. The Morgan fingerprint density at radius 3 is 2.56 bits per heavy atom. The van der Waals surface area contributed by atoms with Crippen LogP contribution in [0.25, 0.3) is 0 Å². The fourth-order valence-electron chi connectivity index (χ4n) is 2.28. The van der Waals surface area contributed by atoms with Crippen molar-refractivity contribution in [2.75, 3.05) is 27.9 Å². The summed E-state index contributed by atoms with van der Waals surface area (Å²) in [6.45, 7) is 0.0929. The average molecular weight is 251 g/mol. The maximum atomic E-state index is 9.64. The number of methoxy groups -OCH3 is 2. The molecule has 1 atom stereocenters. The van der Waals surface area contributed by atoms with Gasteiger partial charge in [0.1, 0.15) is 11.5 Å². The SMILES string of the molecule is COc1ccc(C(CO)N(C)C2CC2)c(OC)c1. The number of benzene rings is 1. The molecule has 2 rings (SSSR count). The van der Waals surface area contributed by atoms with Gasteiger partial charge in [0.05, 0.1) is 26.9 Å². The van der Waals surface area contributed by atoms with Crippen LogP contribution >= 0.6 is 0 Å². The number of rotatable bonds is 6. The third-order valence-corrected chi connectivity index (χ3v) is 3.59. The normalized spacial score (nSPS) is 16.7. The molecule has 0 spiro atoms. The fourth-order valence-corrected chi connectivity index (χ4v) is 2.28. The highest BCUT2D eigenvalue weighted by Gasteiger charge is 2.32. The number of likely N-dealkylation sites (N-methyl/N-ethyl adjacent to an activating group) is 1. The van der Waals surface area contributed by atoms with Gasteiger partial charge in [-0.3, -0.25) is 4.90 Å². The predicted octanol–water partition coefficient (Wildman–Crippen LogP) is 1.83. The number of nitrogens with zero attached hydrogens (tertiary/aromatic N) is 1. The second-order valence-corrected chi connectivity index (χ2v) is 4.70. The quantitative estimate of drug-likeness (QED) is 0.837. The van der Waals surface area contributed by atoms with Crippen molar-refractivity contribution in [3.05, 3.63) is 23.8 Å². The van der Waals surface area contributed by atoms with Crippen LogP contribution in [0, 0.1) is 0 Å². The van der Waals surface area contributed by atoms with E-state index in [9.17, 15) is 5.11 Å². The zero-order valence-corrected chi connectivity index (χ0v) is 11.2. The van der Waals surface area contributed by atoms with Crippen LogP contribution in [0.3, 0.4) is 0 Å². The van der Waals surface area contributed by atoms with Crippen LogP contribution in [0.4, 0.5) is 0 Å². The molecule has 1 saturated carbocycles. The molecule has 0 aliphatic heterocycles. The minimum Gasteiger partial charge on any atom is -0.497 e. The topological polar surface area (TPSA) is 41.9 Å². The van der Waals surface area contributed by atoms with Crippen LogP contribution in [0.15, 0.2) is 18.2 Å². The molecular formula is C14H21NO3. The van der Waals surface area contributed by atoms with Crippen LogP contribution in [0.2, 0.25) is 0 Å². The maximum absolute atomic E-state index is 9.64. The highest BCUT2D eigenvalue weighted by molar-refractivity contribution is 5.42. The smallest absolute Gasteiger partial charge is 0.127 e. The number of ether oxygens (including phenoxy) is 2. The molecule has 0 saturated heterocycles. The summed E-state index contributed by atoms with van der Waals surface area (Å²) in [5, 5.41) is 9.64. The molecule has 0 aromatic heterocycles. The predicted molar refractivity (Wildman–Crippen MR) is 70.2 cm³/mol. The summed E-state index contributed by atoms with van der Waals surface area (Å²) in [5.41, 5.74) is 1.01. The minimum atomic E-state index is -0.0154. The molecule has 1 fully saturated rings. The first kappa shape index (κ1) is 13.2. The Balaban J connectivity index is 2.28. The van der Waals surface area contributed by atoms with Gasteiger partial charge in [-0.1, -0.05) is 0 Å². The largest absolute Gasteiger partial charge is 0.497 e. The van der Waals surface area contributed by atoms with Crippen LogP contribution < -0.4 is 9.47 Å². The van der Waals surface area contributed by atoms with Crippen molar-refractivity contribution in [2.45, 2.75) is 24.9 Å². The van der Waals surface area contributed by atoms with Crippen molar-refractivity contribution in [3.63, 3.8) is 0 Å². The van der Waals surface area contributed by atoms with Crippen molar-refractivity contribution >= 4 is 0 Å². The Labute approximate surface area is 108 Å². The third-order valence-electron chi connectivity index (χ3n) is 3.59. The van der Waals surface area contributed by atoms with Crippen LogP contribution in [0.1, 0.15) is 24.4 Å². The van der Waals surface area contributed by atoms with Gasteiger partial charge in [-0.25, -0.2) is 0 Å². The van der Waals surface area contributed by atoms with E-state index < -0.39 is 0 Å². The number of hydrogen-bond donors (Lipinski definition) is 1. The van der Waals surface area contributed by atoms with Crippen molar-refractivity contribution < 1.29 is 14.6 Å². The van der Waals surface area contributed by atoms with Crippen molar-refractivity contribution in [1.82, 2.24) is 4.90 Å². The Kier molecular flexibility index (Phi) is 4.09. The van der Waals surface area contributed by atoms with Gasteiger partial charge >= 0.3 is 0 Å². The van der Waals surface area contributed by atoms with Crippen LogP contribution in [0.5, 0.6) is 11.5 Å². The van der Waals surface area contributed by atoms with Crippen molar-refractivity contribution in [3.8, 4) is 11.5 Å². The summed E-state index contributed by atoms with van der Waals surface area (Å²) in [4.78, 5) is 2.23. The lowest BCUT2D eigenvalue weighted by atomic mass is 10.0. The molecule has 1 aliphatic rings. The minimum absolute atomic E-state index is 0.0154. The van der Waals surface area contributed by atoms with E-state index in [0.29, 0.717) is 6.04 Å². The Morgan fingerprint density at radius 1 is 1.33 bits per heavy atom.